The van der Waals surface area contributed by atoms with Gasteiger partial charge in [0, 0.05) is 30.3 Å². The lowest BCUT2D eigenvalue weighted by atomic mass is 9.72. The topological polar surface area (TPSA) is 115 Å². The first kappa shape index (κ1) is 17.5. The molecule has 29 heavy (non-hydrogen) atoms. The number of oxazole rings is 1. The molecule has 2 aromatic heterocycles. The van der Waals surface area contributed by atoms with Crippen LogP contribution in [0, 0.1) is 12.8 Å². The quantitative estimate of drug-likeness (QED) is 0.731. The van der Waals surface area contributed by atoms with Crippen LogP contribution in [0.4, 0.5) is 0 Å². The maximum absolute atomic E-state index is 13.2. The highest BCUT2D eigenvalue weighted by Crippen LogP contribution is 2.53. The van der Waals surface area contributed by atoms with Crippen LogP contribution in [-0.4, -0.2) is 44.3 Å². The van der Waals surface area contributed by atoms with Gasteiger partial charge in [0.2, 0.25) is 0 Å². The summed E-state index contributed by atoms with van der Waals surface area (Å²) < 4.78 is 5.46. The van der Waals surface area contributed by atoms with E-state index < -0.39 is 5.91 Å². The standard InChI is InChI=1S/C21H19N5O3/c1-11-14(8-23-20(25-11)12-5-3-2-4-6-12)21(28)26-9-13-7-15(26)16(13)18-17(19(22)27)24-10-29-18/h2-6,8,10,13,15-16H,7,9H2,1H3,(H2,22,27). The van der Waals surface area contributed by atoms with Crippen LogP contribution in [0.1, 0.15) is 44.6 Å². The molecule has 146 valence electrons. The van der Waals surface area contributed by atoms with Crippen LogP contribution in [0.5, 0.6) is 0 Å². The summed E-state index contributed by atoms with van der Waals surface area (Å²) in [6, 6.07) is 9.62. The summed E-state index contributed by atoms with van der Waals surface area (Å²) in [6.07, 6.45) is 3.71. The molecule has 3 aromatic rings. The van der Waals surface area contributed by atoms with E-state index in [0.29, 0.717) is 29.4 Å². The number of hydrogen-bond acceptors (Lipinski definition) is 6. The average Bonchev–Trinajstić information content (AvgIpc) is 3.43. The van der Waals surface area contributed by atoms with Gasteiger partial charge in [0.15, 0.2) is 17.9 Å². The summed E-state index contributed by atoms with van der Waals surface area (Å²) in [6.45, 7) is 2.42. The largest absolute Gasteiger partial charge is 0.447 e. The fourth-order valence-corrected chi connectivity index (χ4v) is 4.48. The highest BCUT2D eigenvalue weighted by atomic mass is 16.3. The fourth-order valence-electron chi connectivity index (χ4n) is 4.48. The number of primary amides is 1. The molecule has 6 rings (SSSR count). The van der Waals surface area contributed by atoms with Crippen LogP contribution in [-0.2, 0) is 0 Å². The number of nitrogens with zero attached hydrogens (tertiary/aromatic N) is 4. The SMILES string of the molecule is Cc1nc(-c2ccccc2)ncc1C(=O)N1CC2CC1C2c1ocnc1C(N)=O. The number of benzene rings is 1. The van der Waals surface area contributed by atoms with Crippen molar-refractivity contribution in [3.05, 3.63) is 65.6 Å². The second-order valence-electron chi connectivity index (χ2n) is 7.53. The molecule has 1 aliphatic carbocycles. The molecule has 3 unspecified atom stereocenters. The van der Waals surface area contributed by atoms with E-state index in [-0.39, 0.29) is 29.5 Å². The number of carbonyl (C=O) groups is 2. The lowest BCUT2D eigenvalue weighted by Crippen LogP contribution is -2.40. The van der Waals surface area contributed by atoms with E-state index in [1.165, 1.54) is 6.39 Å². The maximum Gasteiger partial charge on any atom is 0.270 e. The first-order chi connectivity index (χ1) is 14.0. The second-order valence-corrected chi connectivity index (χ2v) is 7.53. The maximum atomic E-state index is 13.2. The minimum absolute atomic E-state index is 0.0354. The fraction of sp³-hybridized carbons (Fsp3) is 0.286. The van der Waals surface area contributed by atoms with Crippen molar-refractivity contribution >= 4 is 11.8 Å². The number of amides is 2. The predicted octanol–water partition coefficient (Wildman–Crippen LogP) is 2.17. The number of carbonyl (C=O) groups excluding carboxylic acids is 2. The Hall–Kier alpha value is -3.55. The van der Waals surface area contributed by atoms with Crippen molar-refractivity contribution in [1.82, 2.24) is 19.9 Å². The zero-order valence-electron chi connectivity index (χ0n) is 15.8. The molecule has 8 nitrogen and oxygen atoms in total. The van der Waals surface area contributed by atoms with Gasteiger partial charge in [0.05, 0.1) is 11.3 Å². The molecule has 8 heteroatoms. The Morgan fingerprint density at radius 3 is 2.72 bits per heavy atom. The van der Waals surface area contributed by atoms with Crippen LogP contribution in [0.2, 0.25) is 0 Å². The molecule has 2 amide bonds. The van der Waals surface area contributed by atoms with Gasteiger partial charge in [-0.15, -0.1) is 0 Å². The van der Waals surface area contributed by atoms with Crippen LogP contribution in [0.3, 0.4) is 0 Å². The van der Waals surface area contributed by atoms with Gasteiger partial charge in [0.25, 0.3) is 11.8 Å². The Kier molecular flexibility index (Phi) is 3.94. The first-order valence-electron chi connectivity index (χ1n) is 9.48. The molecule has 2 N–H and O–H groups in total. The minimum atomic E-state index is -0.612. The Morgan fingerprint density at radius 1 is 1.21 bits per heavy atom. The first-order valence-corrected chi connectivity index (χ1v) is 9.48. The van der Waals surface area contributed by atoms with Gasteiger partial charge in [-0.3, -0.25) is 9.59 Å². The lowest BCUT2D eigenvalue weighted by Gasteiger charge is -2.35. The van der Waals surface area contributed by atoms with E-state index >= 15 is 0 Å². The number of hydrogen-bond donors (Lipinski definition) is 1. The summed E-state index contributed by atoms with van der Waals surface area (Å²) in [4.78, 5) is 39.5. The third kappa shape index (κ3) is 2.71. The number of aryl methyl sites for hydroxylation is 1. The Morgan fingerprint density at radius 2 is 2.00 bits per heavy atom. The molecule has 4 heterocycles. The zero-order valence-corrected chi connectivity index (χ0v) is 15.8. The van der Waals surface area contributed by atoms with Crippen molar-refractivity contribution < 1.29 is 14.0 Å². The van der Waals surface area contributed by atoms with Crippen molar-refractivity contribution in [2.24, 2.45) is 11.7 Å². The molecule has 0 spiro atoms. The molecule has 2 aliphatic heterocycles. The number of aromatic nitrogens is 3. The van der Waals surface area contributed by atoms with Crippen LogP contribution in [0.15, 0.2) is 47.3 Å². The molecule has 2 saturated heterocycles. The Labute approximate surface area is 166 Å². The van der Waals surface area contributed by atoms with Crippen LogP contribution < -0.4 is 5.73 Å². The molecular formula is C21H19N5O3. The third-order valence-corrected chi connectivity index (χ3v) is 5.93. The van der Waals surface area contributed by atoms with Gasteiger partial charge in [-0.2, -0.15) is 0 Å². The summed E-state index contributed by atoms with van der Waals surface area (Å²) in [5.74, 6) is 0.557. The summed E-state index contributed by atoms with van der Waals surface area (Å²) in [7, 11) is 0. The highest BCUT2D eigenvalue weighted by Gasteiger charge is 2.56. The van der Waals surface area contributed by atoms with E-state index in [2.05, 4.69) is 15.0 Å². The summed E-state index contributed by atoms with van der Waals surface area (Å²) in [5.41, 5.74) is 7.59. The monoisotopic (exact) mass is 389 g/mol. The third-order valence-electron chi connectivity index (χ3n) is 5.93. The molecule has 3 aliphatic rings. The molecule has 3 fully saturated rings. The van der Waals surface area contributed by atoms with E-state index in [0.717, 1.165) is 12.0 Å². The van der Waals surface area contributed by atoms with Gasteiger partial charge in [-0.05, 0) is 19.3 Å². The van der Waals surface area contributed by atoms with Crippen molar-refractivity contribution in [3.63, 3.8) is 0 Å². The Balaban J connectivity index is 1.40. The van der Waals surface area contributed by atoms with Crippen LogP contribution >= 0.6 is 0 Å². The van der Waals surface area contributed by atoms with Crippen molar-refractivity contribution in [1.29, 1.82) is 0 Å². The highest BCUT2D eigenvalue weighted by molar-refractivity contribution is 5.96. The van der Waals surface area contributed by atoms with Crippen molar-refractivity contribution in [2.45, 2.75) is 25.3 Å². The molecular weight excluding hydrogens is 370 g/mol. The summed E-state index contributed by atoms with van der Waals surface area (Å²) >= 11 is 0. The van der Waals surface area contributed by atoms with E-state index in [4.69, 9.17) is 10.2 Å². The van der Waals surface area contributed by atoms with Gasteiger partial charge < -0.3 is 15.1 Å². The van der Waals surface area contributed by atoms with E-state index in [1.54, 1.807) is 6.20 Å². The van der Waals surface area contributed by atoms with Gasteiger partial charge in [-0.25, -0.2) is 15.0 Å². The number of nitrogens with two attached hydrogens (primary N) is 1. The lowest BCUT2D eigenvalue weighted by molar-refractivity contribution is 0.0728. The molecule has 2 bridgehead atoms. The van der Waals surface area contributed by atoms with Crippen LogP contribution in [0.25, 0.3) is 11.4 Å². The molecule has 1 saturated carbocycles. The summed E-state index contributed by atoms with van der Waals surface area (Å²) in [5, 5.41) is 0. The number of fused-ring (bicyclic) bond motifs is 1. The minimum Gasteiger partial charge on any atom is -0.447 e. The van der Waals surface area contributed by atoms with Gasteiger partial charge in [-0.1, -0.05) is 30.3 Å². The normalized spacial score (nSPS) is 22.4. The van der Waals surface area contributed by atoms with E-state index in [1.807, 2.05) is 42.2 Å². The average molecular weight is 389 g/mol. The number of rotatable bonds is 4. The smallest absolute Gasteiger partial charge is 0.270 e. The van der Waals surface area contributed by atoms with E-state index in [9.17, 15) is 9.59 Å². The Bertz CT molecular complexity index is 1110. The second kappa shape index (κ2) is 6.51. The van der Waals surface area contributed by atoms with Crippen molar-refractivity contribution in [3.8, 4) is 11.4 Å². The zero-order chi connectivity index (χ0) is 20.1. The van der Waals surface area contributed by atoms with Gasteiger partial charge in [0.1, 0.15) is 5.76 Å². The predicted molar refractivity (Wildman–Crippen MR) is 103 cm³/mol. The molecule has 1 aromatic carbocycles. The molecule has 3 atom stereocenters. The molecule has 0 radical (unpaired) electrons. The van der Waals surface area contributed by atoms with Gasteiger partial charge >= 0.3 is 0 Å². The van der Waals surface area contributed by atoms with Crippen molar-refractivity contribution in [2.75, 3.05) is 6.54 Å².